The normalized spacial score (nSPS) is 22.8. The molecule has 0 spiro atoms. The van der Waals surface area contributed by atoms with E-state index in [9.17, 15) is 5.11 Å². The van der Waals surface area contributed by atoms with Crippen molar-refractivity contribution < 1.29 is 5.11 Å². The van der Waals surface area contributed by atoms with Crippen LogP contribution in [0.2, 0.25) is 0 Å². The van der Waals surface area contributed by atoms with Crippen molar-refractivity contribution in [3.8, 4) is 5.88 Å². The molecule has 0 bridgehead atoms. The minimum absolute atomic E-state index is 0.161. The van der Waals surface area contributed by atoms with E-state index in [1.54, 1.807) is 16.7 Å². The Morgan fingerprint density at radius 3 is 2.56 bits per heavy atom. The summed E-state index contributed by atoms with van der Waals surface area (Å²) in [6.45, 7) is 6.08. The Hall–Kier alpha value is -0.810. The lowest BCUT2D eigenvalue weighted by molar-refractivity contribution is 0.249. The van der Waals surface area contributed by atoms with Crippen LogP contribution in [0.3, 0.4) is 0 Å². The molecule has 1 aromatic heterocycles. The first-order valence-electron chi connectivity index (χ1n) is 6.93. The highest BCUT2D eigenvalue weighted by Crippen LogP contribution is 2.28. The predicted molar refractivity (Wildman–Crippen MR) is 74.4 cm³/mol. The summed E-state index contributed by atoms with van der Waals surface area (Å²) in [5, 5.41) is 12.0. The molecule has 0 unspecified atom stereocenters. The van der Waals surface area contributed by atoms with E-state index in [-0.39, 0.29) is 5.88 Å². The number of hydrogen-bond acceptors (Lipinski definition) is 5. The third-order valence-electron chi connectivity index (χ3n) is 4.08. The molecule has 5 heteroatoms. The molecule has 3 rings (SSSR count). The largest absolute Gasteiger partial charge is 0.493 e. The van der Waals surface area contributed by atoms with Gasteiger partial charge in [0, 0.05) is 19.6 Å². The summed E-state index contributed by atoms with van der Waals surface area (Å²) in [7, 11) is 0. The maximum absolute atomic E-state index is 9.29. The zero-order valence-corrected chi connectivity index (χ0v) is 11.5. The molecular weight excluding hydrogens is 246 g/mol. The van der Waals surface area contributed by atoms with Crippen LogP contribution < -0.4 is 4.90 Å². The molecule has 18 heavy (non-hydrogen) atoms. The minimum atomic E-state index is 0.161. The number of aromatic hydroxyl groups is 1. The topological polar surface area (TPSA) is 39.6 Å². The second kappa shape index (κ2) is 5.45. The molecule has 100 valence electrons. The quantitative estimate of drug-likeness (QED) is 0.911. The summed E-state index contributed by atoms with van der Waals surface area (Å²) in [5.41, 5.74) is 0. The molecular formula is C13H21N3OS. The second-order valence-electron chi connectivity index (χ2n) is 5.43. The van der Waals surface area contributed by atoms with Crippen molar-refractivity contribution in [1.29, 1.82) is 0 Å². The molecule has 3 heterocycles. The van der Waals surface area contributed by atoms with E-state index in [4.69, 9.17) is 0 Å². The smallest absolute Gasteiger partial charge is 0.223 e. The Morgan fingerprint density at radius 2 is 1.94 bits per heavy atom. The van der Waals surface area contributed by atoms with Gasteiger partial charge in [-0.3, -0.25) is 0 Å². The highest BCUT2D eigenvalue weighted by Gasteiger charge is 2.24. The number of nitrogens with zero attached hydrogens (tertiary/aromatic N) is 3. The lowest BCUT2D eigenvalue weighted by Gasteiger charge is -2.33. The molecule has 0 aromatic carbocycles. The van der Waals surface area contributed by atoms with Gasteiger partial charge in [0.05, 0.1) is 5.38 Å². The van der Waals surface area contributed by atoms with Gasteiger partial charge >= 0.3 is 0 Å². The Morgan fingerprint density at radius 1 is 1.22 bits per heavy atom. The number of piperidine rings is 1. The second-order valence-corrected chi connectivity index (χ2v) is 6.26. The average Bonchev–Trinajstić information content (AvgIpc) is 3.02. The van der Waals surface area contributed by atoms with Gasteiger partial charge in [-0.1, -0.05) is 0 Å². The van der Waals surface area contributed by atoms with Gasteiger partial charge in [-0.25, -0.2) is 0 Å². The van der Waals surface area contributed by atoms with Crippen molar-refractivity contribution in [2.75, 3.05) is 37.6 Å². The molecule has 2 aliphatic heterocycles. The summed E-state index contributed by atoms with van der Waals surface area (Å²) in [4.78, 5) is 9.08. The third-order valence-corrected chi connectivity index (χ3v) is 4.97. The Labute approximate surface area is 112 Å². The third kappa shape index (κ3) is 2.78. The molecule has 2 aliphatic rings. The molecule has 0 aliphatic carbocycles. The number of thiazole rings is 1. The number of anilines is 1. The predicted octanol–water partition coefficient (Wildman–Crippen LogP) is 2.16. The van der Waals surface area contributed by atoms with Crippen LogP contribution in [0, 0.1) is 5.92 Å². The van der Waals surface area contributed by atoms with Crippen molar-refractivity contribution in [2.24, 2.45) is 5.92 Å². The first-order chi connectivity index (χ1) is 8.81. The first kappa shape index (κ1) is 12.2. The van der Waals surface area contributed by atoms with Crippen molar-refractivity contribution in [3.05, 3.63) is 5.38 Å². The number of rotatable bonds is 3. The van der Waals surface area contributed by atoms with Crippen molar-refractivity contribution in [3.63, 3.8) is 0 Å². The maximum atomic E-state index is 9.29. The molecule has 1 N–H and O–H groups in total. The van der Waals surface area contributed by atoms with Crippen LogP contribution in [0.1, 0.15) is 25.7 Å². The van der Waals surface area contributed by atoms with Gasteiger partial charge in [-0.2, -0.15) is 4.98 Å². The van der Waals surface area contributed by atoms with E-state index < -0.39 is 0 Å². The van der Waals surface area contributed by atoms with Crippen LogP contribution in [0.15, 0.2) is 5.38 Å². The number of aromatic nitrogens is 1. The van der Waals surface area contributed by atoms with Gasteiger partial charge in [-0.05, 0) is 44.7 Å². The molecule has 0 saturated carbocycles. The van der Waals surface area contributed by atoms with Crippen molar-refractivity contribution >= 4 is 16.5 Å². The van der Waals surface area contributed by atoms with Crippen LogP contribution >= 0.6 is 11.3 Å². The summed E-state index contributed by atoms with van der Waals surface area (Å²) in [6, 6.07) is 0. The van der Waals surface area contributed by atoms with Gasteiger partial charge in [0.2, 0.25) is 5.88 Å². The summed E-state index contributed by atoms with van der Waals surface area (Å²) < 4.78 is 0. The monoisotopic (exact) mass is 267 g/mol. The van der Waals surface area contributed by atoms with Gasteiger partial charge in [-0.15, -0.1) is 11.3 Å². The van der Waals surface area contributed by atoms with Crippen molar-refractivity contribution in [2.45, 2.75) is 25.7 Å². The zero-order chi connectivity index (χ0) is 12.4. The summed E-state index contributed by atoms with van der Waals surface area (Å²) in [5.74, 6) is 1.02. The highest BCUT2D eigenvalue weighted by atomic mass is 32.1. The molecule has 4 nitrogen and oxygen atoms in total. The molecule has 2 fully saturated rings. The summed E-state index contributed by atoms with van der Waals surface area (Å²) >= 11 is 1.54. The molecule has 0 atom stereocenters. The van der Waals surface area contributed by atoms with E-state index in [0.29, 0.717) is 0 Å². The van der Waals surface area contributed by atoms with E-state index in [1.165, 1.54) is 45.3 Å². The highest BCUT2D eigenvalue weighted by molar-refractivity contribution is 7.13. The van der Waals surface area contributed by atoms with Gasteiger partial charge in [0.15, 0.2) is 5.13 Å². The van der Waals surface area contributed by atoms with E-state index in [0.717, 1.165) is 24.1 Å². The minimum Gasteiger partial charge on any atom is -0.493 e. The van der Waals surface area contributed by atoms with Crippen LogP contribution in [0.5, 0.6) is 5.88 Å². The maximum Gasteiger partial charge on any atom is 0.223 e. The fourth-order valence-electron chi connectivity index (χ4n) is 3.04. The standard InChI is InChI=1S/C13H21N3OS/c17-12-10-18-13(14-12)16-7-3-11(4-8-16)9-15-5-1-2-6-15/h10-11,17H,1-9H2. The number of likely N-dealkylation sites (tertiary alicyclic amines) is 1. The Bertz CT molecular complexity index is 381. The van der Waals surface area contributed by atoms with E-state index in [2.05, 4.69) is 14.8 Å². The van der Waals surface area contributed by atoms with Crippen LogP contribution in [0.4, 0.5) is 5.13 Å². The lowest BCUT2D eigenvalue weighted by atomic mass is 9.96. The lowest BCUT2D eigenvalue weighted by Crippen LogP contribution is -2.38. The fraction of sp³-hybridized carbons (Fsp3) is 0.769. The summed E-state index contributed by atoms with van der Waals surface area (Å²) in [6.07, 6.45) is 5.29. The number of hydrogen-bond donors (Lipinski definition) is 1. The van der Waals surface area contributed by atoms with Gasteiger partial charge in [0.25, 0.3) is 0 Å². The molecule has 0 radical (unpaired) electrons. The first-order valence-corrected chi connectivity index (χ1v) is 7.81. The van der Waals surface area contributed by atoms with E-state index in [1.807, 2.05) is 0 Å². The van der Waals surface area contributed by atoms with Gasteiger partial charge in [0.1, 0.15) is 0 Å². The van der Waals surface area contributed by atoms with Gasteiger partial charge < -0.3 is 14.9 Å². The van der Waals surface area contributed by atoms with E-state index >= 15 is 0 Å². The van der Waals surface area contributed by atoms with Crippen molar-refractivity contribution in [1.82, 2.24) is 9.88 Å². The van der Waals surface area contributed by atoms with Crippen LogP contribution in [-0.4, -0.2) is 47.7 Å². The Balaban J connectivity index is 1.48. The zero-order valence-electron chi connectivity index (χ0n) is 10.7. The molecule has 0 amide bonds. The molecule has 1 aromatic rings. The van der Waals surface area contributed by atoms with Crippen LogP contribution in [0.25, 0.3) is 0 Å². The Kier molecular flexibility index (Phi) is 3.70. The fourth-order valence-corrected chi connectivity index (χ4v) is 3.78. The SMILES string of the molecule is Oc1csc(N2CCC(CN3CCCC3)CC2)n1. The van der Waals surface area contributed by atoms with Crippen LogP contribution in [-0.2, 0) is 0 Å². The molecule has 2 saturated heterocycles. The average molecular weight is 267 g/mol.